The summed E-state index contributed by atoms with van der Waals surface area (Å²) >= 11 is 0. The zero-order chi connectivity index (χ0) is 14.9. The second-order valence-corrected chi connectivity index (χ2v) is 6.16. The molecule has 3 aromatic rings. The number of ether oxygens (including phenoxy) is 1. The van der Waals surface area contributed by atoms with Gasteiger partial charge in [0.1, 0.15) is 5.82 Å². The molecule has 1 fully saturated rings. The summed E-state index contributed by atoms with van der Waals surface area (Å²) < 4.78 is 9.90. The summed E-state index contributed by atoms with van der Waals surface area (Å²) in [4.78, 5) is 4.59. The maximum Gasteiger partial charge on any atom is 0.139 e. The molecule has 0 spiro atoms. The van der Waals surface area contributed by atoms with E-state index in [4.69, 9.17) is 4.74 Å². The van der Waals surface area contributed by atoms with Crippen LogP contribution in [0.5, 0.6) is 0 Å². The van der Waals surface area contributed by atoms with Gasteiger partial charge in [-0.15, -0.1) is 0 Å². The first-order valence-electron chi connectivity index (χ1n) is 7.95. The highest BCUT2D eigenvalue weighted by molar-refractivity contribution is 5.84. The molecule has 1 aliphatic heterocycles. The van der Waals surface area contributed by atoms with Crippen LogP contribution in [0.15, 0.2) is 42.9 Å². The number of nitrogens with zero attached hydrogens (tertiary/aromatic N) is 3. The molecular formula is C18H21N3O. The molecule has 0 amide bonds. The van der Waals surface area contributed by atoms with Gasteiger partial charge in [0.05, 0.1) is 0 Å². The molecule has 4 heteroatoms. The van der Waals surface area contributed by atoms with Crippen molar-refractivity contribution in [3.63, 3.8) is 0 Å². The van der Waals surface area contributed by atoms with E-state index >= 15 is 0 Å². The van der Waals surface area contributed by atoms with Crippen LogP contribution < -0.4 is 0 Å². The van der Waals surface area contributed by atoms with Crippen LogP contribution in [0.3, 0.4) is 0 Å². The molecule has 0 unspecified atom stereocenters. The Balaban J connectivity index is 1.65. The van der Waals surface area contributed by atoms with Crippen molar-refractivity contribution in [2.24, 2.45) is 13.0 Å². The standard InChI is InChI=1S/C18H21N3O/c1-20-8-4-15-12-16(2-3-17(15)20)18-19-7-9-21(18)13-14-5-10-22-11-6-14/h2-4,7-9,12,14H,5-6,10-11,13H2,1H3. The highest BCUT2D eigenvalue weighted by atomic mass is 16.5. The predicted molar refractivity (Wildman–Crippen MR) is 87.7 cm³/mol. The Kier molecular flexibility index (Phi) is 3.47. The van der Waals surface area contributed by atoms with Gasteiger partial charge < -0.3 is 13.9 Å². The van der Waals surface area contributed by atoms with Gasteiger partial charge in [0.2, 0.25) is 0 Å². The van der Waals surface area contributed by atoms with Crippen molar-refractivity contribution in [1.82, 2.24) is 14.1 Å². The quantitative estimate of drug-likeness (QED) is 0.741. The van der Waals surface area contributed by atoms with Crippen molar-refractivity contribution in [3.05, 3.63) is 42.9 Å². The summed E-state index contributed by atoms with van der Waals surface area (Å²) in [5.41, 5.74) is 2.45. The van der Waals surface area contributed by atoms with Gasteiger partial charge >= 0.3 is 0 Å². The Bertz CT molecular complexity index is 781. The fraction of sp³-hybridized carbons (Fsp3) is 0.389. The number of aromatic nitrogens is 3. The summed E-state index contributed by atoms with van der Waals surface area (Å²) in [7, 11) is 2.08. The van der Waals surface area contributed by atoms with Crippen LogP contribution in [-0.4, -0.2) is 27.3 Å². The molecule has 2 aromatic heterocycles. The first-order valence-corrected chi connectivity index (χ1v) is 7.95. The molecular weight excluding hydrogens is 274 g/mol. The Morgan fingerprint density at radius 3 is 2.91 bits per heavy atom. The van der Waals surface area contributed by atoms with Crippen LogP contribution in [0.1, 0.15) is 12.8 Å². The van der Waals surface area contributed by atoms with Gasteiger partial charge in [-0.3, -0.25) is 0 Å². The van der Waals surface area contributed by atoms with Gasteiger partial charge in [-0.1, -0.05) is 0 Å². The van der Waals surface area contributed by atoms with Gasteiger partial charge in [0.25, 0.3) is 0 Å². The lowest BCUT2D eigenvalue weighted by Gasteiger charge is -2.23. The third-order valence-electron chi connectivity index (χ3n) is 4.65. The molecule has 1 aliphatic rings. The Morgan fingerprint density at radius 2 is 2.05 bits per heavy atom. The van der Waals surface area contributed by atoms with E-state index in [1.807, 2.05) is 6.20 Å². The lowest BCUT2D eigenvalue weighted by molar-refractivity contribution is 0.0614. The van der Waals surface area contributed by atoms with Crippen molar-refractivity contribution in [2.75, 3.05) is 13.2 Å². The average Bonchev–Trinajstić information content (AvgIpc) is 3.15. The van der Waals surface area contributed by atoms with Crippen molar-refractivity contribution in [3.8, 4) is 11.4 Å². The molecule has 1 saturated heterocycles. The second kappa shape index (κ2) is 5.61. The zero-order valence-corrected chi connectivity index (χ0v) is 12.9. The lowest BCUT2D eigenvalue weighted by Crippen LogP contribution is -2.20. The summed E-state index contributed by atoms with van der Waals surface area (Å²) in [6, 6.07) is 8.74. The number of hydrogen-bond donors (Lipinski definition) is 0. The summed E-state index contributed by atoms with van der Waals surface area (Å²) in [6.45, 7) is 2.82. The number of aryl methyl sites for hydroxylation is 1. The summed E-state index contributed by atoms with van der Waals surface area (Å²) in [5.74, 6) is 1.76. The molecule has 0 N–H and O–H groups in total. The first-order chi connectivity index (χ1) is 10.8. The van der Waals surface area contributed by atoms with E-state index in [1.54, 1.807) is 0 Å². The van der Waals surface area contributed by atoms with E-state index in [9.17, 15) is 0 Å². The van der Waals surface area contributed by atoms with E-state index in [2.05, 4.69) is 57.8 Å². The molecule has 0 aliphatic carbocycles. The van der Waals surface area contributed by atoms with Gasteiger partial charge in [-0.2, -0.15) is 0 Å². The van der Waals surface area contributed by atoms with E-state index in [-0.39, 0.29) is 0 Å². The largest absolute Gasteiger partial charge is 0.381 e. The van der Waals surface area contributed by atoms with Crippen LogP contribution >= 0.6 is 0 Å². The van der Waals surface area contributed by atoms with E-state index in [0.29, 0.717) is 5.92 Å². The van der Waals surface area contributed by atoms with Crippen LogP contribution in [-0.2, 0) is 18.3 Å². The maximum absolute atomic E-state index is 5.46. The molecule has 4 rings (SSSR count). The van der Waals surface area contributed by atoms with Crippen molar-refractivity contribution in [1.29, 1.82) is 0 Å². The van der Waals surface area contributed by atoms with Gasteiger partial charge in [-0.25, -0.2) is 4.98 Å². The third kappa shape index (κ3) is 2.44. The van der Waals surface area contributed by atoms with Crippen LogP contribution in [0.25, 0.3) is 22.3 Å². The number of benzene rings is 1. The Labute approximate surface area is 130 Å². The minimum absolute atomic E-state index is 0.696. The molecule has 4 nitrogen and oxygen atoms in total. The summed E-state index contributed by atoms with van der Waals surface area (Å²) in [6.07, 6.45) is 8.40. The van der Waals surface area contributed by atoms with E-state index in [1.165, 1.54) is 16.5 Å². The topological polar surface area (TPSA) is 32.0 Å². The lowest BCUT2D eigenvalue weighted by atomic mass is 10.0. The highest BCUT2D eigenvalue weighted by Crippen LogP contribution is 2.25. The molecule has 0 saturated carbocycles. The molecule has 0 bridgehead atoms. The maximum atomic E-state index is 5.46. The first kappa shape index (κ1) is 13.6. The monoisotopic (exact) mass is 295 g/mol. The molecule has 1 aromatic carbocycles. The van der Waals surface area contributed by atoms with Crippen molar-refractivity contribution < 1.29 is 4.74 Å². The van der Waals surface area contributed by atoms with Crippen molar-refractivity contribution in [2.45, 2.75) is 19.4 Å². The van der Waals surface area contributed by atoms with E-state index < -0.39 is 0 Å². The molecule has 22 heavy (non-hydrogen) atoms. The van der Waals surface area contributed by atoms with Gasteiger partial charge in [0.15, 0.2) is 0 Å². The number of fused-ring (bicyclic) bond motifs is 1. The Hall–Kier alpha value is -2.07. The zero-order valence-electron chi connectivity index (χ0n) is 12.9. The van der Waals surface area contributed by atoms with E-state index in [0.717, 1.165) is 38.4 Å². The normalized spacial score (nSPS) is 16.4. The number of hydrogen-bond acceptors (Lipinski definition) is 2. The number of rotatable bonds is 3. The molecule has 3 heterocycles. The minimum atomic E-state index is 0.696. The predicted octanol–water partition coefficient (Wildman–Crippen LogP) is 3.47. The van der Waals surface area contributed by atoms with Crippen LogP contribution in [0, 0.1) is 5.92 Å². The van der Waals surface area contributed by atoms with Gasteiger partial charge in [-0.05, 0) is 43.0 Å². The fourth-order valence-corrected chi connectivity index (χ4v) is 3.34. The molecule has 114 valence electrons. The molecule has 0 atom stereocenters. The second-order valence-electron chi connectivity index (χ2n) is 6.16. The van der Waals surface area contributed by atoms with Crippen molar-refractivity contribution >= 4 is 10.9 Å². The smallest absolute Gasteiger partial charge is 0.139 e. The highest BCUT2D eigenvalue weighted by Gasteiger charge is 2.16. The fourth-order valence-electron chi connectivity index (χ4n) is 3.34. The van der Waals surface area contributed by atoms with Crippen LogP contribution in [0.4, 0.5) is 0 Å². The SMILES string of the molecule is Cn1ccc2cc(-c3nccn3CC3CCOCC3)ccc21. The third-order valence-corrected chi connectivity index (χ3v) is 4.65. The summed E-state index contributed by atoms with van der Waals surface area (Å²) in [5, 5.41) is 1.26. The average molecular weight is 295 g/mol. The van der Waals surface area contributed by atoms with Gasteiger partial charge in [0, 0.05) is 61.9 Å². The molecule has 0 radical (unpaired) electrons. The Morgan fingerprint density at radius 1 is 1.18 bits per heavy atom. The number of imidazole rings is 1. The van der Waals surface area contributed by atoms with Crippen LogP contribution in [0.2, 0.25) is 0 Å². The minimum Gasteiger partial charge on any atom is -0.381 e.